The minimum Gasteiger partial charge on any atom is -0.457 e. The van der Waals surface area contributed by atoms with Crippen LogP contribution < -0.4 is 5.43 Å². The normalized spacial score (nSPS) is 15.0. The molecule has 1 aliphatic heterocycles. The number of carbonyl (C=O) groups excluding carboxylic acids is 2. The molecule has 4 rings (SSSR count). The Morgan fingerprint density at radius 1 is 1.10 bits per heavy atom. The molecule has 0 saturated carbocycles. The van der Waals surface area contributed by atoms with Crippen molar-refractivity contribution in [2.45, 2.75) is 6.42 Å². The molecule has 1 saturated heterocycles. The number of carbonyl (C=O) groups is 2. The third-order valence-corrected chi connectivity index (χ3v) is 6.02. The summed E-state index contributed by atoms with van der Waals surface area (Å²) in [4.78, 5) is 25.4. The number of hydrogen-bond donors (Lipinski definition) is 1. The lowest BCUT2D eigenvalue weighted by Crippen LogP contribution is -2.45. The molecule has 2 amide bonds. The Hall–Kier alpha value is -2.58. The molecule has 0 spiro atoms. The first kappa shape index (κ1) is 21.6. The summed E-state index contributed by atoms with van der Waals surface area (Å²) in [6.07, 6.45) is 1.72. The zero-order chi connectivity index (χ0) is 22.0. The maximum atomic E-state index is 12.7. The Morgan fingerprint density at radius 2 is 1.81 bits per heavy atom. The van der Waals surface area contributed by atoms with Gasteiger partial charge in [0, 0.05) is 21.7 Å². The molecular formula is C22H14Cl2N2O3S2. The van der Waals surface area contributed by atoms with Crippen LogP contribution in [0.25, 0.3) is 17.4 Å². The number of nitrogens with one attached hydrogen (secondary N) is 1. The molecule has 3 aromatic rings. The molecule has 0 aliphatic carbocycles. The van der Waals surface area contributed by atoms with E-state index >= 15 is 0 Å². The van der Waals surface area contributed by atoms with E-state index in [4.69, 9.17) is 39.8 Å². The van der Waals surface area contributed by atoms with Gasteiger partial charge in [-0.05, 0) is 48.1 Å². The lowest BCUT2D eigenvalue weighted by Gasteiger charge is -2.15. The predicted octanol–water partition coefficient (Wildman–Crippen LogP) is 5.73. The average molecular weight is 489 g/mol. The van der Waals surface area contributed by atoms with Gasteiger partial charge in [-0.25, -0.2) is 0 Å². The van der Waals surface area contributed by atoms with Crippen molar-refractivity contribution in [2.75, 3.05) is 0 Å². The molecule has 0 atom stereocenters. The molecule has 1 fully saturated rings. The predicted molar refractivity (Wildman–Crippen MR) is 127 cm³/mol. The molecule has 156 valence electrons. The van der Waals surface area contributed by atoms with E-state index in [1.807, 2.05) is 30.3 Å². The largest absolute Gasteiger partial charge is 0.457 e. The summed E-state index contributed by atoms with van der Waals surface area (Å²) in [7, 11) is 0. The highest BCUT2D eigenvalue weighted by atomic mass is 35.5. The highest BCUT2D eigenvalue weighted by molar-refractivity contribution is 8.26. The summed E-state index contributed by atoms with van der Waals surface area (Å²) in [6.45, 7) is 0. The van der Waals surface area contributed by atoms with Crippen LogP contribution in [0.5, 0.6) is 0 Å². The highest BCUT2D eigenvalue weighted by Crippen LogP contribution is 2.33. The second-order valence-corrected chi connectivity index (χ2v) is 9.12. The monoisotopic (exact) mass is 488 g/mol. The van der Waals surface area contributed by atoms with Gasteiger partial charge in [0.2, 0.25) is 5.91 Å². The molecule has 1 N–H and O–H groups in total. The number of benzene rings is 2. The van der Waals surface area contributed by atoms with Gasteiger partial charge in [0.1, 0.15) is 11.5 Å². The van der Waals surface area contributed by atoms with Crippen LogP contribution in [-0.4, -0.2) is 21.1 Å². The molecule has 0 unspecified atom stereocenters. The maximum Gasteiger partial charge on any atom is 0.285 e. The number of rotatable bonds is 5. The number of thiocarbonyl (C=S) groups is 1. The summed E-state index contributed by atoms with van der Waals surface area (Å²) < 4.78 is 6.05. The minimum absolute atomic E-state index is 0.140. The molecule has 9 heteroatoms. The maximum absolute atomic E-state index is 12.7. The fourth-order valence-electron chi connectivity index (χ4n) is 2.92. The van der Waals surface area contributed by atoms with Crippen molar-refractivity contribution in [3.8, 4) is 11.3 Å². The molecule has 2 heterocycles. The number of hydrogen-bond acceptors (Lipinski definition) is 5. The first-order valence-electron chi connectivity index (χ1n) is 9.07. The topological polar surface area (TPSA) is 62.6 Å². The summed E-state index contributed by atoms with van der Waals surface area (Å²) in [5.41, 5.74) is 4.13. The summed E-state index contributed by atoms with van der Waals surface area (Å²) in [6, 6.07) is 17.8. The van der Waals surface area contributed by atoms with Crippen molar-refractivity contribution in [3.63, 3.8) is 0 Å². The van der Waals surface area contributed by atoms with Crippen LogP contribution in [0.4, 0.5) is 0 Å². The van der Waals surface area contributed by atoms with E-state index in [1.54, 1.807) is 36.4 Å². The van der Waals surface area contributed by atoms with E-state index in [1.165, 1.54) is 0 Å². The van der Waals surface area contributed by atoms with Crippen molar-refractivity contribution in [3.05, 3.63) is 86.9 Å². The second kappa shape index (κ2) is 9.28. The Balaban J connectivity index is 1.47. The standard InChI is InChI=1S/C22H14Cl2N2O3S2/c23-15-9-14(10-16(24)11-15)18-7-6-17(29-18)12-19-21(28)26(22(30)31-19)25-20(27)8-13-4-2-1-3-5-13/h1-7,9-12H,8H2,(H,25,27)/b19-12-. The smallest absolute Gasteiger partial charge is 0.285 e. The zero-order valence-corrected chi connectivity index (χ0v) is 18.9. The van der Waals surface area contributed by atoms with Gasteiger partial charge >= 0.3 is 0 Å². The highest BCUT2D eigenvalue weighted by Gasteiger charge is 2.33. The zero-order valence-electron chi connectivity index (χ0n) is 15.8. The molecule has 1 aromatic heterocycles. The van der Waals surface area contributed by atoms with E-state index < -0.39 is 5.91 Å². The third-order valence-electron chi connectivity index (χ3n) is 4.28. The van der Waals surface area contributed by atoms with Crippen molar-refractivity contribution >= 4 is 69.4 Å². The number of amides is 2. The second-order valence-electron chi connectivity index (χ2n) is 6.57. The molecular weight excluding hydrogens is 475 g/mol. The molecule has 0 bridgehead atoms. The van der Waals surface area contributed by atoms with Gasteiger partial charge < -0.3 is 4.42 Å². The fourth-order valence-corrected chi connectivity index (χ4v) is 4.61. The van der Waals surface area contributed by atoms with E-state index in [9.17, 15) is 9.59 Å². The number of halogens is 2. The van der Waals surface area contributed by atoms with Gasteiger partial charge in [-0.1, -0.05) is 65.3 Å². The quantitative estimate of drug-likeness (QED) is 0.367. The minimum atomic E-state index is -0.417. The number of hydrazine groups is 1. The Bertz CT molecular complexity index is 1190. The van der Waals surface area contributed by atoms with Gasteiger partial charge in [0.25, 0.3) is 5.91 Å². The third kappa shape index (κ3) is 5.19. The molecule has 1 aliphatic rings. The van der Waals surface area contributed by atoms with Crippen molar-refractivity contribution < 1.29 is 14.0 Å². The Kier molecular flexibility index (Phi) is 6.48. The first-order valence-corrected chi connectivity index (χ1v) is 11.0. The van der Waals surface area contributed by atoms with Gasteiger partial charge in [-0.2, -0.15) is 5.01 Å². The van der Waals surface area contributed by atoms with Gasteiger partial charge in [-0.3, -0.25) is 15.0 Å². The van der Waals surface area contributed by atoms with Crippen LogP contribution in [0.2, 0.25) is 10.0 Å². The average Bonchev–Trinajstić information content (AvgIpc) is 3.29. The van der Waals surface area contributed by atoms with Crippen molar-refractivity contribution in [1.82, 2.24) is 10.4 Å². The van der Waals surface area contributed by atoms with Gasteiger partial charge in [0.15, 0.2) is 4.32 Å². The van der Waals surface area contributed by atoms with E-state index in [0.717, 1.165) is 27.9 Å². The Morgan fingerprint density at radius 3 is 2.52 bits per heavy atom. The van der Waals surface area contributed by atoms with E-state index in [2.05, 4.69) is 5.43 Å². The van der Waals surface area contributed by atoms with Crippen molar-refractivity contribution in [2.24, 2.45) is 0 Å². The van der Waals surface area contributed by atoms with Crippen LogP contribution in [0.1, 0.15) is 11.3 Å². The summed E-state index contributed by atoms with van der Waals surface area (Å²) in [5.74, 6) is 0.270. The molecule has 2 aromatic carbocycles. The number of thioether (sulfide) groups is 1. The van der Waals surface area contributed by atoms with Crippen LogP contribution in [0.15, 0.2) is 70.0 Å². The fraction of sp³-hybridized carbons (Fsp3) is 0.0455. The lowest BCUT2D eigenvalue weighted by molar-refractivity contribution is -0.132. The van der Waals surface area contributed by atoms with Crippen molar-refractivity contribution in [1.29, 1.82) is 0 Å². The van der Waals surface area contributed by atoms with Gasteiger partial charge in [-0.15, -0.1) is 0 Å². The number of furan rings is 1. The number of nitrogens with zero attached hydrogens (tertiary/aromatic N) is 1. The van der Waals surface area contributed by atoms with Gasteiger partial charge in [0.05, 0.1) is 11.3 Å². The lowest BCUT2D eigenvalue weighted by atomic mass is 10.1. The molecule has 31 heavy (non-hydrogen) atoms. The molecule has 0 radical (unpaired) electrons. The van der Waals surface area contributed by atoms with E-state index in [-0.39, 0.29) is 16.6 Å². The Labute approximate surface area is 198 Å². The molecule has 5 nitrogen and oxygen atoms in total. The summed E-state index contributed by atoms with van der Waals surface area (Å²) in [5, 5.41) is 2.07. The van der Waals surface area contributed by atoms with E-state index in [0.29, 0.717) is 26.5 Å². The van der Waals surface area contributed by atoms with Crippen LogP contribution in [0, 0.1) is 0 Å². The first-order chi connectivity index (χ1) is 14.9. The van der Waals surface area contributed by atoms with Crippen LogP contribution in [-0.2, 0) is 16.0 Å². The summed E-state index contributed by atoms with van der Waals surface area (Å²) >= 11 is 18.4. The van der Waals surface area contributed by atoms with Crippen LogP contribution in [0.3, 0.4) is 0 Å². The SMILES string of the molecule is O=C(Cc1ccccc1)NN1C(=O)/C(=C/c2ccc(-c3cc(Cl)cc(Cl)c3)o2)SC1=S. The van der Waals surface area contributed by atoms with Crippen LogP contribution >= 0.6 is 47.2 Å².